The van der Waals surface area contributed by atoms with Gasteiger partial charge in [0.2, 0.25) is 0 Å². The minimum absolute atomic E-state index is 0.412. The quantitative estimate of drug-likeness (QED) is 0.289. The number of benzene rings is 2. The van der Waals surface area contributed by atoms with Gasteiger partial charge in [0.15, 0.2) is 0 Å². The minimum atomic E-state index is -1.30. The van der Waals surface area contributed by atoms with Gasteiger partial charge in [0.1, 0.15) is 13.1 Å². The zero-order valence-corrected chi connectivity index (χ0v) is 20.1. The molecule has 0 radical (unpaired) electrons. The Balaban J connectivity index is 0.000000497. The smallest absolute Gasteiger partial charge is 0.251 e. The van der Waals surface area contributed by atoms with Crippen LogP contribution in [0.3, 0.4) is 0 Å². The highest BCUT2D eigenvalue weighted by atomic mass is 16.4. The Morgan fingerprint density at radius 1 is 0.618 bits per heavy atom. The van der Waals surface area contributed by atoms with Gasteiger partial charge in [0, 0.05) is 11.1 Å². The van der Waals surface area contributed by atoms with Gasteiger partial charge >= 0.3 is 0 Å². The van der Waals surface area contributed by atoms with E-state index in [1.54, 1.807) is 60.7 Å². The largest absolute Gasteiger partial charge is 0.548 e. The molecule has 0 saturated heterocycles. The normalized spacial score (nSPS) is 9.71. The van der Waals surface area contributed by atoms with Crippen LogP contribution in [0.1, 0.15) is 20.7 Å². The molecule has 0 atom stereocenters. The van der Waals surface area contributed by atoms with Crippen molar-refractivity contribution in [2.45, 2.75) is 0 Å². The molecule has 34 heavy (non-hydrogen) atoms. The van der Waals surface area contributed by atoms with Crippen LogP contribution in [0.5, 0.6) is 0 Å². The highest BCUT2D eigenvalue weighted by Crippen LogP contribution is 1.97. The van der Waals surface area contributed by atoms with E-state index in [1.165, 1.54) is 22.9 Å². The lowest BCUT2D eigenvalue weighted by Gasteiger charge is -2.09. The number of hydrogen-bond donors (Lipinski definition) is 4. The Bertz CT molecular complexity index is 800. The van der Waals surface area contributed by atoms with Crippen molar-refractivity contribution < 1.29 is 39.2 Å². The molecule has 10 heteroatoms. The van der Waals surface area contributed by atoms with E-state index in [1.807, 2.05) is 0 Å². The monoisotopic (exact) mass is 474 g/mol. The number of carboxylic acids is 2. The van der Waals surface area contributed by atoms with E-state index < -0.39 is 36.8 Å². The van der Waals surface area contributed by atoms with Gasteiger partial charge in [-0.2, -0.15) is 0 Å². The van der Waals surface area contributed by atoms with E-state index in [2.05, 4.69) is 38.8 Å². The van der Waals surface area contributed by atoms with Crippen molar-refractivity contribution in [2.24, 2.45) is 0 Å². The van der Waals surface area contributed by atoms with Crippen LogP contribution in [-0.4, -0.2) is 78.1 Å². The van der Waals surface area contributed by atoms with Crippen LogP contribution in [0.15, 0.2) is 60.7 Å². The van der Waals surface area contributed by atoms with Gasteiger partial charge in [-0.25, -0.2) is 0 Å². The maximum absolute atomic E-state index is 11.1. The summed E-state index contributed by atoms with van der Waals surface area (Å²) in [5.41, 5.74) is 0.868. The number of carbonyl (C=O) groups is 4. The Morgan fingerprint density at radius 2 is 0.912 bits per heavy atom. The third-order valence-electron chi connectivity index (χ3n) is 3.98. The number of rotatable bonds is 9. The van der Waals surface area contributed by atoms with Gasteiger partial charge in [-0.1, -0.05) is 36.4 Å². The number of aliphatic carboxylic acids is 2. The molecule has 186 valence electrons. The van der Waals surface area contributed by atoms with Gasteiger partial charge < -0.3 is 40.2 Å². The summed E-state index contributed by atoms with van der Waals surface area (Å²) in [6, 6.07) is 16.8. The summed E-state index contributed by atoms with van der Waals surface area (Å²) in [7, 11) is 8.73. The van der Waals surface area contributed by atoms with Crippen molar-refractivity contribution in [1.29, 1.82) is 0 Å². The number of hydrogen-bond acceptors (Lipinski definition) is 6. The number of quaternary nitrogens is 2. The second-order valence-corrected chi connectivity index (χ2v) is 7.76. The first-order chi connectivity index (χ1) is 16.0. The maximum Gasteiger partial charge on any atom is 0.251 e. The zero-order chi connectivity index (χ0) is 25.9. The van der Waals surface area contributed by atoms with Crippen molar-refractivity contribution in [2.75, 3.05) is 54.4 Å². The summed E-state index contributed by atoms with van der Waals surface area (Å²) in [5, 5.41) is 24.4. The SMILES string of the molecule is C[NH+](C)CC[NH+](C)C.O=C([O-])CNC(=O)c1ccccc1.O=C([O-])CNC(=O)c1ccccc1. The van der Waals surface area contributed by atoms with Crippen LogP contribution in [0, 0.1) is 0 Å². The van der Waals surface area contributed by atoms with Crippen LogP contribution >= 0.6 is 0 Å². The molecule has 0 aliphatic rings. The minimum Gasteiger partial charge on any atom is -0.548 e. The third kappa shape index (κ3) is 16.9. The first kappa shape index (κ1) is 30.2. The van der Waals surface area contributed by atoms with Crippen LogP contribution < -0.4 is 30.6 Å². The second-order valence-electron chi connectivity index (χ2n) is 7.76. The first-order valence-corrected chi connectivity index (χ1v) is 10.7. The Kier molecular flexibility index (Phi) is 15.8. The van der Waals surface area contributed by atoms with E-state index in [-0.39, 0.29) is 0 Å². The molecule has 2 aromatic rings. The van der Waals surface area contributed by atoms with Crippen molar-refractivity contribution in [3.05, 3.63) is 71.8 Å². The topological polar surface area (TPSA) is 147 Å². The molecule has 2 amide bonds. The second kappa shape index (κ2) is 17.8. The van der Waals surface area contributed by atoms with Crippen LogP contribution in [0.4, 0.5) is 0 Å². The van der Waals surface area contributed by atoms with E-state index in [4.69, 9.17) is 0 Å². The number of likely N-dealkylation sites (N-methyl/N-ethyl adjacent to an activating group) is 2. The lowest BCUT2D eigenvalue weighted by Crippen LogP contribution is -3.14. The van der Waals surface area contributed by atoms with Crippen LogP contribution in [0.2, 0.25) is 0 Å². The van der Waals surface area contributed by atoms with E-state index in [0.29, 0.717) is 11.1 Å². The molecule has 0 aliphatic heterocycles. The molecule has 4 N–H and O–H groups in total. The molecule has 0 aliphatic carbocycles. The van der Waals surface area contributed by atoms with Gasteiger partial charge in [-0.15, -0.1) is 0 Å². The number of carboxylic acid groups (broad SMARTS) is 2. The Labute approximate surface area is 200 Å². The molecule has 0 heterocycles. The Hall–Kier alpha value is -3.76. The fraction of sp³-hybridized carbons (Fsp3) is 0.333. The van der Waals surface area contributed by atoms with Crippen molar-refractivity contribution in [3.63, 3.8) is 0 Å². The zero-order valence-electron chi connectivity index (χ0n) is 20.1. The predicted molar refractivity (Wildman–Crippen MR) is 123 cm³/mol. The maximum atomic E-state index is 11.1. The summed E-state index contributed by atoms with van der Waals surface area (Å²) in [6.45, 7) is 1.60. The van der Waals surface area contributed by atoms with E-state index >= 15 is 0 Å². The summed E-state index contributed by atoms with van der Waals surface area (Å²) in [5.74, 6) is -3.43. The van der Waals surface area contributed by atoms with Crippen LogP contribution in [0.25, 0.3) is 0 Å². The predicted octanol–water partition coefficient (Wildman–Crippen LogP) is -4.39. The molecule has 0 spiro atoms. The standard InChI is InChI=1S/2C9H9NO3.C6H16N2/c2*11-8(12)6-10-9(13)7-4-2-1-3-5-7;1-7(2)5-6-8(3)4/h2*1-5H,6H2,(H,10,13)(H,11,12);5-6H2,1-4H3. The highest BCUT2D eigenvalue weighted by molar-refractivity contribution is 5.96. The summed E-state index contributed by atoms with van der Waals surface area (Å²) >= 11 is 0. The van der Waals surface area contributed by atoms with Crippen molar-refractivity contribution in [3.8, 4) is 0 Å². The Morgan fingerprint density at radius 3 is 1.15 bits per heavy atom. The molecule has 0 saturated carbocycles. The number of carbonyl (C=O) groups excluding carboxylic acids is 4. The molecule has 0 unspecified atom stereocenters. The van der Waals surface area contributed by atoms with E-state index in [0.717, 1.165) is 0 Å². The first-order valence-electron chi connectivity index (χ1n) is 10.7. The van der Waals surface area contributed by atoms with E-state index in [9.17, 15) is 29.4 Å². The fourth-order valence-electron chi connectivity index (χ4n) is 2.19. The summed E-state index contributed by atoms with van der Waals surface area (Å²) in [4.78, 5) is 45.4. The molecular formula is C24H34N4O6. The number of amides is 2. The number of nitrogens with one attached hydrogen (secondary N) is 4. The fourth-order valence-corrected chi connectivity index (χ4v) is 2.19. The molecule has 2 rings (SSSR count). The molecule has 10 nitrogen and oxygen atoms in total. The lowest BCUT2D eigenvalue weighted by molar-refractivity contribution is -0.918. The van der Waals surface area contributed by atoms with Crippen molar-refractivity contribution >= 4 is 23.8 Å². The molecule has 2 aromatic carbocycles. The van der Waals surface area contributed by atoms with Crippen molar-refractivity contribution in [1.82, 2.24) is 10.6 Å². The lowest BCUT2D eigenvalue weighted by atomic mass is 10.2. The highest BCUT2D eigenvalue weighted by Gasteiger charge is 2.03. The average Bonchev–Trinajstić information content (AvgIpc) is 2.81. The average molecular weight is 475 g/mol. The summed E-state index contributed by atoms with van der Waals surface area (Å²) < 4.78 is 0. The molecule has 0 fully saturated rings. The van der Waals surface area contributed by atoms with Gasteiger partial charge in [-0.05, 0) is 24.3 Å². The molecule has 0 bridgehead atoms. The molecular weight excluding hydrogens is 440 g/mol. The van der Waals surface area contributed by atoms with Gasteiger partial charge in [-0.3, -0.25) is 9.59 Å². The van der Waals surface area contributed by atoms with Crippen LogP contribution in [-0.2, 0) is 9.59 Å². The van der Waals surface area contributed by atoms with Gasteiger partial charge in [0.25, 0.3) is 11.8 Å². The summed E-state index contributed by atoms with van der Waals surface area (Å²) in [6.07, 6.45) is 0. The third-order valence-corrected chi connectivity index (χ3v) is 3.98. The van der Waals surface area contributed by atoms with Gasteiger partial charge in [0.05, 0.1) is 53.2 Å². The molecule has 0 aromatic heterocycles.